The Balaban J connectivity index is 1.67. The number of aromatic nitrogens is 1. The third kappa shape index (κ3) is 3.32. The summed E-state index contributed by atoms with van der Waals surface area (Å²) in [6.45, 7) is 2.62. The molecule has 1 aromatic carbocycles. The van der Waals surface area contributed by atoms with Crippen molar-refractivity contribution >= 4 is 17.1 Å². The van der Waals surface area contributed by atoms with Crippen molar-refractivity contribution in [1.82, 2.24) is 4.98 Å². The van der Waals surface area contributed by atoms with E-state index >= 15 is 0 Å². The van der Waals surface area contributed by atoms with Gasteiger partial charge in [0.05, 0.1) is 10.7 Å². The summed E-state index contributed by atoms with van der Waals surface area (Å²) in [6.07, 6.45) is 4.75. The highest BCUT2D eigenvalue weighted by atomic mass is 32.1. The third-order valence-electron chi connectivity index (χ3n) is 3.68. The second kappa shape index (κ2) is 6.39. The molecule has 0 bridgehead atoms. The van der Waals surface area contributed by atoms with Gasteiger partial charge in [-0.15, -0.1) is 11.3 Å². The molecule has 3 nitrogen and oxygen atoms in total. The first-order chi connectivity index (χ1) is 10.3. The first-order valence-corrected chi connectivity index (χ1v) is 8.36. The molecule has 0 atom stereocenters. The van der Waals surface area contributed by atoms with Gasteiger partial charge in [0.25, 0.3) is 0 Å². The lowest BCUT2D eigenvalue weighted by molar-refractivity contribution is 0.0972. The summed E-state index contributed by atoms with van der Waals surface area (Å²) in [4.78, 5) is 16.5. The summed E-state index contributed by atoms with van der Waals surface area (Å²) < 4.78 is 5.79. The first-order valence-electron chi connectivity index (χ1n) is 7.48. The minimum absolute atomic E-state index is 0.237. The van der Waals surface area contributed by atoms with Gasteiger partial charge in [0.2, 0.25) is 0 Å². The van der Waals surface area contributed by atoms with Gasteiger partial charge in [0.15, 0.2) is 5.78 Å². The summed E-state index contributed by atoms with van der Waals surface area (Å²) in [6, 6.07) is 5.86. The Kier molecular flexibility index (Phi) is 4.34. The SMILES string of the molecule is CCCc1nc(COc2ccc3c(c2)C(=O)CCC3)cs1. The van der Waals surface area contributed by atoms with Gasteiger partial charge in [-0.2, -0.15) is 0 Å². The Morgan fingerprint density at radius 1 is 1.33 bits per heavy atom. The fraction of sp³-hybridized carbons (Fsp3) is 0.412. The van der Waals surface area contributed by atoms with Crippen LogP contribution in [0, 0.1) is 0 Å². The number of rotatable bonds is 5. The molecular formula is C17H19NO2S. The maximum absolute atomic E-state index is 11.9. The van der Waals surface area contributed by atoms with Crippen LogP contribution in [-0.2, 0) is 19.4 Å². The number of nitrogens with zero attached hydrogens (tertiary/aromatic N) is 1. The van der Waals surface area contributed by atoms with E-state index in [0.717, 1.165) is 53.3 Å². The fourth-order valence-electron chi connectivity index (χ4n) is 2.60. The quantitative estimate of drug-likeness (QED) is 0.831. The van der Waals surface area contributed by atoms with Crippen molar-refractivity contribution in [3.05, 3.63) is 45.4 Å². The number of ketones is 1. The molecule has 4 heteroatoms. The van der Waals surface area contributed by atoms with Gasteiger partial charge < -0.3 is 4.74 Å². The number of carbonyl (C=O) groups excluding carboxylic acids is 1. The zero-order chi connectivity index (χ0) is 14.7. The van der Waals surface area contributed by atoms with E-state index < -0.39 is 0 Å². The maximum atomic E-state index is 11.9. The van der Waals surface area contributed by atoms with Crippen LogP contribution in [0.5, 0.6) is 5.75 Å². The van der Waals surface area contributed by atoms with Crippen molar-refractivity contribution in [2.45, 2.75) is 45.6 Å². The molecule has 1 heterocycles. The monoisotopic (exact) mass is 301 g/mol. The predicted octanol–water partition coefficient (Wildman–Crippen LogP) is 4.19. The molecule has 110 valence electrons. The number of Topliss-reactive ketones (excluding diaryl/α,β-unsaturated/α-hetero) is 1. The van der Waals surface area contributed by atoms with Gasteiger partial charge >= 0.3 is 0 Å². The lowest BCUT2D eigenvalue weighted by atomic mass is 9.90. The molecule has 0 saturated carbocycles. The van der Waals surface area contributed by atoms with Crippen molar-refractivity contribution in [1.29, 1.82) is 0 Å². The molecule has 2 aromatic rings. The molecule has 0 amide bonds. The van der Waals surface area contributed by atoms with Crippen LogP contribution in [0.25, 0.3) is 0 Å². The van der Waals surface area contributed by atoms with Crippen LogP contribution in [0.15, 0.2) is 23.6 Å². The third-order valence-corrected chi connectivity index (χ3v) is 4.64. The van der Waals surface area contributed by atoms with E-state index in [1.54, 1.807) is 11.3 Å². The van der Waals surface area contributed by atoms with Crippen LogP contribution in [-0.4, -0.2) is 10.8 Å². The Morgan fingerprint density at radius 3 is 3.10 bits per heavy atom. The molecule has 1 aliphatic carbocycles. The van der Waals surface area contributed by atoms with Crippen molar-refractivity contribution in [2.24, 2.45) is 0 Å². The summed E-state index contributed by atoms with van der Waals surface area (Å²) in [5, 5.41) is 3.21. The van der Waals surface area contributed by atoms with Gasteiger partial charge in [-0.3, -0.25) is 4.79 Å². The topological polar surface area (TPSA) is 39.2 Å². The summed E-state index contributed by atoms with van der Waals surface area (Å²) in [5.41, 5.74) is 2.95. The minimum Gasteiger partial charge on any atom is -0.487 e. The van der Waals surface area contributed by atoms with Crippen LogP contribution < -0.4 is 4.74 Å². The maximum Gasteiger partial charge on any atom is 0.163 e. The predicted molar refractivity (Wildman–Crippen MR) is 84.2 cm³/mol. The molecule has 0 N–H and O–H groups in total. The number of hydrogen-bond acceptors (Lipinski definition) is 4. The normalized spacial score (nSPS) is 14.0. The summed E-state index contributed by atoms with van der Waals surface area (Å²) in [5.74, 6) is 0.995. The Morgan fingerprint density at radius 2 is 2.24 bits per heavy atom. The van der Waals surface area contributed by atoms with Crippen LogP contribution in [0.3, 0.4) is 0 Å². The second-order valence-electron chi connectivity index (χ2n) is 5.37. The Bertz CT molecular complexity index is 648. The van der Waals surface area contributed by atoms with Crippen LogP contribution in [0.2, 0.25) is 0 Å². The zero-order valence-corrected chi connectivity index (χ0v) is 13.0. The first kappa shape index (κ1) is 14.3. The summed E-state index contributed by atoms with van der Waals surface area (Å²) in [7, 11) is 0. The Hall–Kier alpha value is -1.68. The van der Waals surface area contributed by atoms with Gasteiger partial charge in [-0.1, -0.05) is 13.0 Å². The molecule has 0 radical (unpaired) electrons. The van der Waals surface area contributed by atoms with Gasteiger partial charge in [0.1, 0.15) is 12.4 Å². The minimum atomic E-state index is 0.237. The Labute approximate surface area is 129 Å². The zero-order valence-electron chi connectivity index (χ0n) is 12.2. The highest BCUT2D eigenvalue weighted by molar-refractivity contribution is 7.09. The van der Waals surface area contributed by atoms with Crippen LogP contribution >= 0.6 is 11.3 Å². The molecule has 3 rings (SSSR count). The highest BCUT2D eigenvalue weighted by Gasteiger charge is 2.17. The van der Waals surface area contributed by atoms with Crippen LogP contribution in [0.1, 0.15) is 52.8 Å². The fourth-order valence-corrected chi connectivity index (χ4v) is 3.48. The number of aryl methyl sites for hydroxylation is 2. The molecule has 1 aromatic heterocycles. The average molecular weight is 301 g/mol. The van der Waals surface area contributed by atoms with Gasteiger partial charge in [0, 0.05) is 17.4 Å². The number of carbonyl (C=O) groups is 1. The van der Waals surface area contributed by atoms with Crippen LogP contribution in [0.4, 0.5) is 0 Å². The lowest BCUT2D eigenvalue weighted by Gasteiger charge is -2.15. The van der Waals surface area contributed by atoms with Crippen molar-refractivity contribution < 1.29 is 9.53 Å². The molecule has 0 unspecified atom stereocenters. The van der Waals surface area contributed by atoms with E-state index in [-0.39, 0.29) is 5.78 Å². The summed E-state index contributed by atoms with van der Waals surface area (Å²) >= 11 is 1.69. The van der Waals surface area contributed by atoms with Gasteiger partial charge in [-0.05, 0) is 43.4 Å². The highest BCUT2D eigenvalue weighted by Crippen LogP contribution is 2.26. The molecule has 0 spiro atoms. The number of hydrogen-bond donors (Lipinski definition) is 0. The molecule has 0 saturated heterocycles. The lowest BCUT2D eigenvalue weighted by Crippen LogP contribution is -2.10. The molecule has 0 fully saturated rings. The van der Waals surface area contributed by atoms with Crippen molar-refractivity contribution in [2.75, 3.05) is 0 Å². The average Bonchev–Trinajstić information content (AvgIpc) is 2.94. The molecule has 21 heavy (non-hydrogen) atoms. The van der Waals surface area contributed by atoms with E-state index in [0.29, 0.717) is 13.0 Å². The molecule has 0 aliphatic heterocycles. The number of benzene rings is 1. The van der Waals surface area contributed by atoms with E-state index in [4.69, 9.17) is 4.74 Å². The van der Waals surface area contributed by atoms with E-state index in [1.165, 1.54) is 0 Å². The van der Waals surface area contributed by atoms with E-state index in [1.807, 2.05) is 18.2 Å². The number of fused-ring (bicyclic) bond motifs is 1. The van der Waals surface area contributed by atoms with E-state index in [9.17, 15) is 4.79 Å². The second-order valence-corrected chi connectivity index (χ2v) is 6.31. The molecular weight excluding hydrogens is 282 g/mol. The van der Waals surface area contributed by atoms with Crippen molar-refractivity contribution in [3.8, 4) is 5.75 Å². The number of ether oxygens (including phenoxy) is 1. The largest absolute Gasteiger partial charge is 0.487 e. The van der Waals surface area contributed by atoms with E-state index in [2.05, 4.69) is 17.3 Å². The van der Waals surface area contributed by atoms with Gasteiger partial charge in [-0.25, -0.2) is 4.98 Å². The number of thiazole rings is 1. The molecule has 1 aliphatic rings. The van der Waals surface area contributed by atoms with Crippen molar-refractivity contribution in [3.63, 3.8) is 0 Å². The standard InChI is InChI=1S/C17H19NO2S/c1-2-4-17-18-13(11-21-17)10-20-14-8-7-12-5-3-6-16(19)15(12)9-14/h7-9,11H,2-6,10H2,1H3. The smallest absolute Gasteiger partial charge is 0.163 e.